The van der Waals surface area contributed by atoms with Gasteiger partial charge in [-0.1, -0.05) is 43.5 Å². The maximum atomic E-state index is 12.5. The van der Waals surface area contributed by atoms with Crippen LogP contribution in [-0.4, -0.2) is 5.78 Å². The molecule has 19 heavy (non-hydrogen) atoms. The van der Waals surface area contributed by atoms with Crippen LogP contribution in [0.1, 0.15) is 27.0 Å². The highest BCUT2D eigenvalue weighted by Gasteiger charge is 2.15. The molecule has 0 heterocycles. The van der Waals surface area contributed by atoms with Crippen LogP contribution >= 0.6 is 43.5 Å². The first-order valence-electron chi connectivity index (χ1n) is 5.66. The maximum Gasteiger partial charge on any atom is 0.194 e. The summed E-state index contributed by atoms with van der Waals surface area (Å²) in [6, 6.07) is 9.08. The first-order valence-corrected chi connectivity index (χ1v) is 7.63. The van der Waals surface area contributed by atoms with Gasteiger partial charge in [0, 0.05) is 25.1 Å². The van der Waals surface area contributed by atoms with Crippen LogP contribution in [-0.2, 0) is 0 Å². The molecule has 2 aromatic carbocycles. The molecule has 4 heteroatoms. The third-order valence-electron chi connectivity index (χ3n) is 2.91. The van der Waals surface area contributed by atoms with Gasteiger partial charge in [-0.05, 0) is 55.3 Å². The van der Waals surface area contributed by atoms with E-state index >= 15 is 0 Å². The highest BCUT2D eigenvalue weighted by Crippen LogP contribution is 2.28. The fourth-order valence-corrected chi connectivity index (χ4v) is 2.86. The van der Waals surface area contributed by atoms with E-state index in [-0.39, 0.29) is 5.78 Å². The Morgan fingerprint density at radius 1 is 1.00 bits per heavy atom. The summed E-state index contributed by atoms with van der Waals surface area (Å²) in [5.74, 6) is -0.0210. The summed E-state index contributed by atoms with van der Waals surface area (Å²) in [6.45, 7) is 3.87. The van der Waals surface area contributed by atoms with Gasteiger partial charge >= 0.3 is 0 Å². The second-order valence-electron chi connectivity index (χ2n) is 4.37. The Morgan fingerprint density at radius 3 is 2.32 bits per heavy atom. The zero-order valence-corrected chi connectivity index (χ0v) is 14.4. The SMILES string of the molecule is Cc1cc(C(=O)c2cc(Br)c(C)cc2Br)ccc1Cl. The van der Waals surface area contributed by atoms with Crippen LogP contribution in [0, 0.1) is 13.8 Å². The maximum absolute atomic E-state index is 12.5. The van der Waals surface area contributed by atoms with Gasteiger partial charge in [-0.25, -0.2) is 0 Å². The second kappa shape index (κ2) is 5.78. The first kappa shape index (κ1) is 14.8. The van der Waals surface area contributed by atoms with Gasteiger partial charge in [0.1, 0.15) is 0 Å². The number of ketones is 1. The molecule has 0 atom stereocenters. The molecule has 0 spiro atoms. The Balaban J connectivity index is 2.49. The Morgan fingerprint density at radius 2 is 1.68 bits per heavy atom. The van der Waals surface area contributed by atoms with Crippen LogP contribution in [0.3, 0.4) is 0 Å². The predicted molar refractivity (Wildman–Crippen MR) is 86.2 cm³/mol. The van der Waals surface area contributed by atoms with Crippen molar-refractivity contribution in [3.63, 3.8) is 0 Å². The summed E-state index contributed by atoms with van der Waals surface area (Å²) >= 11 is 12.9. The van der Waals surface area contributed by atoms with Crippen molar-refractivity contribution in [1.29, 1.82) is 0 Å². The Labute approximate surface area is 134 Å². The normalized spacial score (nSPS) is 10.6. The molecule has 0 unspecified atom stereocenters. The third-order valence-corrected chi connectivity index (χ3v) is 4.85. The van der Waals surface area contributed by atoms with Gasteiger partial charge in [0.2, 0.25) is 0 Å². The molecule has 0 amide bonds. The quantitative estimate of drug-likeness (QED) is 0.588. The molecule has 0 bridgehead atoms. The molecule has 0 saturated heterocycles. The van der Waals surface area contributed by atoms with E-state index in [4.69, 9.17) is 11.6 Å². The topological polar surface area (TPSA) is 17.1 Å². The predicted octanol–water partition coefficient (Wildman–Crippen LogP) is 5.71. The molecule has 0 aliphatic rings. The highest BCUT2D eigenvalue weighted by atomic mass is 79.9. The largest absolute Gasteiger partial charge is 0.289 e. The molecule has 0 saturated carbocycles. The van der Waals surface area contributed by atoms with Gasteiger partial charge in [0.05, 0.1) is 0 Å². The van der Waals surface area contributed by atoms with Crippen LogP contribution in [0.25, 0.3) is 0 Å². The number of carbonyl (C=O) groups excluding carboxylic acids is 1. The van der Waals surface area contributed by atoms with E-state index in [0.717, 1.165) is 20.1 Å². The van der Waals surface area contributed by atoms with E-state index < -0.39 is 0 Å². The van der Waals surface area contributed by atoms with Crippen molar-refractivity contribution in [3.05, 3.63) is 66.6 Å². The molecular formula is C15H11Br2ClO. The van der Waals surface area contributed by atoms with Crippen LogP contribution in [0.5, 0.6) is 0 Å². The number of rotatable bonds is 2. The van der Waals surface area contributed by atoms with Crippen molar-refractivity contribution in [2.75, 3.05) is 0 Å². The number of carbonyl (C=O) groups is 1. The number of halogens is 3. The lowest BCUT2D eigenvalue weighted by molar-refractivity contribution is 0.103. The molecule has 1 nitrogen and oxygen atoms in total. The Bertz CT molecular complexity index is 665. The minimum Gasteiger partial charge on any atom is -0.289 e. The fraction of sp³-hybridized carbons (Fsp3) is 0.133. The van der Waals surface area contributed by atoms with E-state index in [1.807, 2.05) is 32.0 Å². The zero-order valence-electron chi connectivity index (χ0n) is 10.4. The van der Waals surface area contributed by atoms with Crippen molar-refractivity contribution in [3.8, 4) is 0 Å². The van der Waals surface area contributed by atoms with Crippen molar-refractivity contribution in [2.45, 2.75) is 13.8 Å². The number of benzene rings is 2. The highest BCUT2D eigenvalue weighted by molar-refractivity contribution is 9.11. The molecule has 0 fully saturated rings. The zero-order chi connectivity index (χ0) is 14.2. The Kier molecular flexibility index (Phi) is 4.49. The van der Waals surface area contributed by atoms with Crippen LogP contribution in [0.4, 0.5) is 0 Å². The van der Waals surface area contributed by atoms with E-state index in [1.54, 1.807) is 12.1 Å². The molecule has 0 N–H and O–H groups in total. The lowest BCUT2D eigenvalue weighted by Crippen LogP contribution is -2.03. The van der Waals surface area contributed by atoms with E-state index in [1.165, 1.54) is 0 Å². The first-order chi connectivity index (χ1) is 8.90. The van der Waals surface area contributed by atoms with E-state index in [2.05, 4.69) is 31.9 Å². The molecule has 0 radical (unpaired) electrons. The van der Waals surface area contributed by atoms with Crippen LogP contribution in [0.15, 0.2) is 39.3 Å². The van der Waals surface area contributed by atoms with Crippen molar-refractivity contribution < 1.29 is 4.79 Å². The smallest absolute Gasteiger partial charge is 0.194 e. The summed E-state index contributed by atoms with van der Waals surface area (Å²) in [5, 5.41) is 0.667. The lowest BCUT2D eigenvalue weighted by atomic mass is 10.0. The monoisotopic (exact) mass is 400 g/mol. The van der Waals surface area contributed by atoms with Crippen LogP contribution < -0.4 is 0 Å². The summed E-state index contributed by atoms with van der Waals surface area (Å²) in [4.78, 5) is 12.5. The molecule has 2 aromatic rings. The van der Waals surface area contributed by atoms with Gasteiger partial charge in [-0.3, -0.25) is 4.79 Å². The molecule has 98 valence electrons. The standard InChI is InChI=1S/C15H11Br2ClO/c1-8-6-13(17)11(7-12(8)16)15(19)10-3-4-14(18)9(2)5-10/h3-7H,1-2H3. The van der Waals surface area contributed by atoms with Crippen molar-refractivity contribution in [1.82, 2.24) is 0 Å². The fourth-order valence-electron chi connectivity index (χ4n) is 1.76. The molecular weight excluding hydrogens is 391 g/mol. The van der Waals surface area contributed by atoms with Gasteiger partial charge in [-0.15, -0.1) is 0 Å². The minimum atomic E-state index is -0.0210. The summed E-state index contributed by atoms with van der Waals surface area (Å²) < 4.78 is 1.72. The number of hydrogen-bond donors (Lipinski definition) is 0. The molecule has 0 aliphatic carbocycles. The van der Waals surface area contributed by atoms with Crippen molar-refractivity contribution >= 4 is 49.2 Å². The molecule has 0 aliphatic heterocycles. The lowest BCUT2D eigenvalue weighted by Gasteiger charge is -2.08. The number of aryl methyl sites for hydroxylation is 2. The minimum absolute atomic E-state index is 0.0210. The van der Waals surface area contributed by atoms with Crippen molar-refractivity contribution in [2.24, 2.45) is 0 Å². The summed E-state index contributed by atoms with van der Waals surface area (Å²) in [6.07, 6.45) is 0. The molecule has 0 aromatic heterocycles. The third kappa shape index (κ3) is 3.10. The average molecular weight is 403 g/mol. The van der Waals surface area contributed by atoms with Gasteiger partial charge in [0.25, 0.3) is 0 Å². The second-order valence-corrected chi connectivity index (χ2v) is 6.49. The van der Waals surface area contributed by atoms with Gasteiger partial charge in [0.15, 0.2) is 5.78 Å². The van der Waals surface area contributed by atoms with Gasteiger partial charge in [-0.2, -0.15) is 0 Å². The summed E-state index contributed by atoms with van der Waals surface area (Å²) in [7, 11) is 0. The van der Waals surface area contributed by atoms with Crippen LogP contribution in [0.2, 0.25) is 5.02 Å². The number of hydrogen-bond acceptors (Lipinski definition) is 1. The van der Waals surface area contributed by atoms with Gasteiger partial charge < -0.3 is 0 Å². The summed E-state index contributed by atoms with van der Waals surface area (Å²) in [5.41, 5.74) is 3.25. The van der Waals surface area contributed by atoms with E-state index in [0.29, 0.717) is 16.1 Å². The Hall–Kier alpha value is -0.640. The average Bonchev–Trinajstić information content (AvgIpc) is 2.36. The van der Waals surface area contributed by atoms with E-state index in [9.17, 15) is 4.79 Å². The molecule has 2 rings (SSSR count).